The van der Waals surface area contributed by atoms with E-state index in [1.165, 1.54) is 12.1 Å². The molecule has 2 heterocycles. The minimum absolute atomic E-state index is 0.269. The molecule has 1 aromatic heterocycles. The van der Waals surface area contributed by atoms with Crippen molar-refractivity contribution in [1.82, 2.24) is 15.2 Å². The molecule has 0 radical (unpaired) electrons. The van der Waals surface area contributed by atoms with E-state index in [2.05, 4.69) is 16.6 Å². The van der Waals surface area contributed by atoms with Crippen molar-refractivity contribution >= 4 is 0 Å². The fraction of sp³-hybridized carbons (Fsp3) is 0.750. The Hall–Kier alpha value is -0.910. The fourth-order valence-corrected chi connectivity index (χ4v) is 2.53. The van der Waals surface area contributed by atoms with Crippen LogP contribution in [0.2, 0.25) is 0 Å². The highest BCUT2D eigenvalue weighted by molar-refractivity contribution is 5.10. The Labute approximate surface area is 102 Å². The molecule has 0 aliphatic carbocycles. The van der Waals surface area contributed by atoms with Crippen molar-refractivity contribution in [3.05, 3.63) is 17.5 Å². The molecule has 0 bridgehead atoms. The van der Waals surface area contributed by atoms with Crippen molar-refractivity contribution in [2.75, 3.05) is 13.2 Å². The molecule has 17 heavy (non-hydrogen) atoms. The van der Waals surface area contributed by atoms with Crippen molar-refractivity contribution in [2.45, 2.75) is 32.2 Å². The predicted octanol–water partition coefficient (Wildman–Crippen LogP) is 0.530. The number of rotatable bonds is 4. The number of nitrogens with one attached hydrogen (secondary N) is 1. The van der Waals surface area contributed by atoms with Gasteiger partial charge in [0.15, 0.2) is 0 Å². The molecule has 1 aliphatic rings. The molecule has 1 aliphatic heterocycles. The second-order valence-electron chi connectivity index (χ2n) is 4.86. The summed E-state index contributed by atoms with van der Waals surface area (Å²) in [7, 11) is 1.98. The molecule has 1 aromatic rings. The molecule has 3 N–H and O–H groups in total. The summed E-state index contributed by atoms with van der Waals surface area (Å²) in [6.45, 7) is 3.71. The quantitative estimate of drug-likeness (QED) is 0.593. The molecule has 1 fully saturated rings. The Morgan fingerprint density at radius 1 is 1.71 bits per heavy atom. The lowest BCUT2D eigenvalue weighted by Gasteiger charge is -2.29. The lowest BCUT2D eigenvalue weighted by Crippen LogP contribution is -2.45. The molecule has 0 aromatic carbocycles. The maximum absolute atomic E-state index is 5.67. The van der Waals surface area contributed by atoms with Crippen LogP contribution in [-0.2, 0) is 18.2 Å². The third-order valence-electron chi connectivity index (χ3n) is 3.51. The zero-order valence-electron chi connectivity index (χ0n) is 10.6. The van der Waals surface area contributed by atoms with Gasteiger partial charge in [0.05, 0.1) is 12.3 Å². The first-order valence-electron chi connectivity index (χ1n) is 6.24. The number of ether oxygens (including phenoxy) is 1. The topological polar surface area (TPSA) is 65.1 Å². The maximum atomic E-state index is 5.67. The van der Waals surface area contributed by atoms with Crippen molar-refractivity contribution < 1.29 is 4.74 Å². The molecule has 1 saturated heterocycles. The standard InChI is InChI=1S/C12H22N4O/c1-9-6-11(16(2)15-9)7-12(14-13)10-4-3-5-17-8-10/h6,10,12,14H,3-5,7-8,13H2,1-2H3. The van der Waals surface area contributed by atoms with Crippen LogP contribution in [0.5, 0.6) is 0 Å². The van der Waals surface area contributed by atoms with Gasteiger partial charge in [0.2, 0.25) is 0 Å². The summed E-state index contributed by atoms with van der Waals surface area (Å²) in [6, 6.07) is 2.39. The number of hydrazine groups is 1. The highest BCUT2D eigenvalue weighted by Crippen LogP contribution is 2.20. The Kier molecular flexibility index (Phi) is 4.15. The van der Waals surface area contributed by atoms with E-state index in [0.29, 0.717) is 5.92 Å². The van der Waals surface area contributed by atoms with Crippen LogP contribution in [0.1, 0.15) is 24.2 Å². The Morgan fingerprint density at radius 2 is 2.53 bits per heavy atom. The first-order chi connectivity index (χ1) is 8.20. The number of aromatic nitrogens is 2. The SMILES string of the molecule is Cc1cc(CC(NN)C2CCCOC2)n(C)n1. The van der Waals surface area contributed by atoms with Gasteiger partial charge in [0.1, 0.15) is 0 Å². The third kappa shape index (κ3) is 3.06. The van der Waals surface area contributed by atoms with Gasteiger partial charge in [-0.05, 0) is 31.7 Å². The van der Waals surface area contributed by atoms with E-state index in [1.807, 2.05) is 18.7 Å². The molecule has 0 amide bonds. The second-order valence-corrected chi connectivity index (χ2v) is 4.86. The van der Waals surface area contributed by atoms with Crippen LogP contribution in [0.3, 0.4) is 0 Å². The highest BCUT2D eigenvalue weighted by atomic mass is 16.5. The molecular weight excluding hydrogens is 216 g/mol. The Bertz CT molecular complexity index is 357. The zero-order chi connectivity index (χ0) is 12.3. The van der Waals surface area contributed by atoms with Gasteiger partial charge in [-0.2, -0.15) is 5.10 Å². The predicted molar refractivity (Wildman–Crippen MR) is 66.3 cm³/mol. The summed E-state index contributed by atoms with van der Waals surface area (Å²) >= 11 is 0. The van der Waals surface area contributed by atoms with Gasteiger partial charge < -0.3 is 4.74 Å². The monoisotopic (exact) mass is 238 g/mol. The summed E-state index contributed by atoms with van der Waals surface area (Å²) in [4.78, 5) is 0. The van der Waals surface area contributed by atoms with Gasteiger partial charge in [-0.3, -0.25) is 16.0 Å². The smallest absolute Gasteiger partial charge is 0.0596 e. The molecule has 5 heteroatoms. The average molecular weight is 238 g/mol. The van der Waals surface area contributed by atoms with Crippen molar-refractivity contribution in [3.63, 3.8) is 0 Å². The number of hydrogen-bond acceptors (Lipinski definition) is 4. The molecule has 0 saturated carbocycles. The van der Waals surface area contributed by atoms with Crippen molar-refractivity contribution in [3.8, 4) is 0 Å². The second kappa shape index (κ2) is 5.62. The van der Waals surface area contributed by atoms with Crippen molar-refractivity contribution in [2.24, 2.45) is 18.8 Å². The molecular formula is C12H22N4O. The van der Waals surface area contributed by atoms with Crippen LogP contribution < -0.4 is 11.3 Å². The lowest BCUT2D eigenvalue weighted by molar-refractivity contribution is 0.0390. The van der Waals surface area contributed by atoms with Gasteiger partial charge in [0, 0.05) is 31.8 Å². The number of nitrogens with two attached hydrogens (primary N) is 1. The van der Waals surface area contributed by atoms with Crippen LogP contribution in [-0.4, -0.2) is 29.0 Å². The molecule has 2 atom stereocenters. The highest BCUT2D eigenvalue weighted by Gasteiger charge is 2.24. The van der Waals surface area contributed by atoms with E-state index < -0.39 is 0 Å². The van der Waals surface area contributed by atoms with Gasteiger partial charge >= 0.3 is 0 Å². The molecule has 2 rings (SSSR count). The van der Waals surface area contributed by atoms with E-state index in [0.717, 1.165) is 31.7 Å². The van der Waals surface area contributed by atoms with Crippen molar-refractivity contribution in [1.29, 1.82) is 0 Å². The van der Waals surface area contributed by atoms with E-state index in [9.17, 15) is 0 Å². The first-order valence-corrected chi connectivity index (χ1v) is 6.24. The molecule has 2 unspecified atom stereocenters. The number of aryl methyl sites for hydroxylation is 2. The van der Waals surface area contributed by atoms with Crippen LogP contribution in [0.4, 0.5) is 0 Å². The summed E-state index contributed by atoms with van der Waals surface area (Å²) in [5.74, 6) is 6.18. The summed E-state index contributed by atoms with van der Waals surface area (Å²) in [5.41, 5.74) is 5.21. The van der Waals surface area contributed by atoms with Crippen LogP contribution in [0.15, 0.2) is 6.07 Å². The summed E-state index contributed by atoms with van der Waals surface area (Å²) in [6.07, 6.45) is 3.22. The van der Waals surface area contributed by atoms with Gasteiger partial charge in [-0.1, -0.05) is 0 Å². The summed E-state index contributed by atoms with van der Waals surface area (Å²) in [5, 5.41) is 4.36. The minimum Gasteiger partial charge on any atom is -0.381 e. The van der Waals surface area contributed by atoms with Gasteiger partial charge in [-0.25, -0.2) is 0 Å². The van der Waals surface area contributed by atoms with E-state index in [1.54, 1.807) is 0 Å². The van der Waals surface area contributed by atoms with E-state index in [-0.39, 0.29) is 6.04 Å². The maximum Gasteiger partial charge on any atom is 0.0596 e. The van der Waals surface area contributed by atoms with E-state index in [4.69, 9.17) is 10.6 Å². The average Bonchev–Trinajstić information content (AvgIpc) is 2.66. The third-order valence-corrected chi connectivity index (χ3v) is 3.51. The summed E-state index contributed by atoms with van der Waals surface area (Å²) < 4.78 is 7.45. The number of nitrogens with zero attached hydrogens (tertiary/aromatic N) is 2. The van der Waals surface area contributed by atoms with Gasteiger partial charge in [-0.15, -0.1) is 0 Å². The van der Waals surface area contributed by atoms with Gasteiger partial charge in [0.25, 0.3) is 0 Å². The Morgan fingerprint density at radius 3 is 3.06 bits per heavy atom. The number of hydrogen-bond donors (Lipinski definition) is 2. The van der Waals surface area contributed by atoms with Crippen LogP contribution in [0.25, 0.3) is 0 Å². The fourth-order valence-electron chi connectivity index (χ4n) is 2.53. The van der Waals surface area contributed by atoms with E-state index >= 15 is 0 Å². The molecule has 0 spiro atoms. The Balaban J connectivity index is 2.01. The molecule has 96 valence electrons. The minimum atomic E-state index is 0.269. The van der Waals surface area contributed by atoms with Crippen LogP contribution >= 0.6 is 0 Å². The normalized spacial score (nSPS) is 22.6. The molecule has 5 nitrogen and oxygen atoms in total. The zero-order valence-corrected chi connectivity index (χ0v) is 10.6. The first kappa shape index (κ1) is 12.5. The lowest BCUT2D eigenvalue weighted by atomic mass is 9.91. The van der Waals surface area contributed by atoms with Crippen LogP contribution in [0, 0.1) is 12.8 Å². The largest absolute Gasteiger partial charge is 0.381 e.